The van der Waals surface area contributed by atoms with Gasteiger partial charge in [-0.15, -0.1) is 0 Å². The Morgan fingerprint density at radius 3 is 2.64 bits per heavy atom. The highest BCUT2D eigenvalue weighted by atomic mass is 16.5. The van der Waals surface area contributed by atoms with Gasteiger partial charge in [0.1, 0.15) is 0 Å². The van der Waals surface area contributed by atoms with Crippen molar-refractivity contribution in [3.63, 3.8) is 0 Å². The molecule has 0 spiro atoms. The molecule has 7 heteroatoms. The molecule has 0 bridgehead atoms. The molecule has 3 rings (SSSR count). The minimum Gasteiger partial charge on any atom is -0.493 e. The number of benzene rings is 1. The van der Waals surface area contributed by atoms with Crippen LogP contribution in [-0.2, 0) is 9.53 Å². The number of ether oxygens (including phenoxy) is 2. The molecule has 1 aliphatic rings. The van der Waals surface area contributed by atoms with Crippen molar-refractivity contribution in [2.45, 2.75) is 31.7 Å². The van der Waals surface area contributed by atoms with E-state index in [1.165, 1.54) is 11.8 Å². The second-order valence-corrected chi connectivity index (χ2v) is 5.95. The smallest absolute Gasteiger partial charge is 0.363 e. The van der Waals surface area contributed by atoms with Crippen molar-refractivity contribution in [2.75, 3.05) is 13.7 Å². The minimum atomic E-state index is -0.687. The predicted octanol–water partition coefficient (Wildman–Crippen LogP) is 2.10. The fraction of sp³-hybridized carbons (Fsp3) is 0.389. The van der Waals surface area contributed by atoms with E-state index in [9.17, 15) is 9.59 Å². The SMILES string of the molecule is COc1cn(-c2ccccc2)nc1C(=O)OCC(=O)NC1CCCC1. The Morgan fingerprint density at radius 2 is 1.96 bits per heavy atom. The van der Waals surface area contributed by atoms with E-state index in [1.807, 2.05) is 30.3 Å². The molecule has 0 atom stereocenters. The standard InChI is InChI=1S/C18H21N3O4/c1-24-15-11-21(14-9-3-2-4-10-14)20-17(15)18(23)25-12-16(22)19-13-7-5-6-8-13/h2-4,9-11,13H,5-8,12H2,1H3,(H,19,22). The van der Waals surface area contributed by atoms with Crippen molar-refractivity contribution < 1.29 is 19.1 Å². The molecule has 1 fully saturated rings. The zero-order chi connectivity index (χ0) is 17.6. The lowest BCUT2D eigenvalue weighted by atomic mass is 10.2. The Kier molecular flexibility index (Phi) is 5.33. The van der Waals surface area contributed by atoms with Crippen molar-refractivity contribution in [2.24, 2.45) is 0 Å². The second kappa shape index (κ2) is 7.83. The van der Waals surface area contributed by atoms with Gasteiger partial charge in [0.15, 0.2) is 12.4 Å². The van der Waals surface area contributed by atoms with Crippen LogP contribution in [0.5, 0.6) is 5.75 Å². The zero-order valence-corrected chi connectivity index (χ0v) is 14.1. The Bertz CT molecular complexity index is 736. The van der Waals surface area contributed by atoms with Crippen LogP contribution in [0.15, 0.2) is 36.5 Å². The Labute approximate surface area is 145 Å². The van der Waals surface area contributed by atoms with Gasteiger partial charge in [-0.2, -0.15) is 5.10 Å². The number of nitrogens with zero attached hydrogens (tertiary/aromatic N) is 2. The minimum absolute atomic E-state index is 0.0417. The third-order valence-electron chi connectivity index (χ3n) is 4.17. The number of carbonyl (C=O) groups is 2. The van der Waals surface area contributed by atoms with Crippen LogP contribution in [0.1, 0.15) is 36.2 Å². The molecule has 0 aliphatic heterocycles. The van der Waals surface area contributed by atoms with Gasteiger partial charge in [-0.25, -0.2) is 9.48 Å². The first-order valence-corrected chi connectivity index (χ1v) is 8.33. The molecular formula is C18H21N3O4. The maximum atomic E-state index is 12.3. The fourth-order valence-electron chi connectivity index (χ4n) is 2.90. The number of rotatable bonds is 6. The average molecular weight is 343 g/mol. The van der Waals surface area contributed by atoms with Crippen molar-refractivity contribution in [1.82, 2.24) is 15.1 Å². The highest BCUT2D eigenvalue weighted by Gasteiger charge is 2.22. The van der Waals surface area contributed by atoms with Crippen molar-refractivity contribution in [3.05, 3.63) is 42.2 Å². The van der Waals surface area contributed by atoms with Gasteiger partial charge in [-0.05, 0) is 25.0 Å². The predicted molar refractivity (Wildman–Crippen MR) is 90.8 cm³/mol. The summed E-state index contributed by atoms with van der Waals surface area (Å²) in [6, 6.07) is 9.54. The highest BCUT2D eigenvalue weighted by Crippen LogP contribution is 2.20. The quantitative estimate of drug-likeness (QED) is 0.812. The van der Waals surface area contributed by atoms with Gasteiger partial charge < -0.3 is 14.8 Å². The maximum Gasteiger partial charge on any atom is 0.363 e. The first-order valence-electron chi connectivity index (χ1n) is 8.33. The Morgan fingerprint density at radius 1 is 1.24 bits per heavy atom. The van der Waals surface area contributed by atoms with Crippen LogP contribution in [-0.4, -0.2) is 41.4 Å². The van der Waals surface area contributed by atoms with E-state index < -0.39 is 5.97 Å². The number of carbonyl (C=O) groups excluding carboxylic acids is 2. The van der Waals surface area contributed by atoms with Crippen LogP contribution >= 0.6 is 0 Å². The molecule has 1 N–H and O–H groups in total. The lowest BCUT2D eigenvalue weighted by Gasteiger charge is -2.11. The first-order chi connectivity index (χ1) is 12.2. The van der Waals surface area contributed by atoms with Crippen LogP contribution in [0.2, 0.25) is 0 Å². The van der Waals surface area contributed by atoms with E-state index in [0.29, 0.717) is 5.75 Å². The number of esters is 1. The van der Waals surface area contributed by atoms with Crippen LogP contribution in [0.25, 0.3) is 5.69 Å². The van der Waals surface area contributed by atoms with Crippen LogP contribution in [0.4, 0.5) is 0 Å². The van der Waals surface area contributed by atoms with Gasteiger partial charge in [-0.1, -0.05) is 31.0 Å². The summed E-state index contributed by atoms with van der Waals surface area (Å²) in [5.74, 6) is -0.681. The van der Waals surface area contributed by atoms with Gasteiger partial charge in [0.25, 0.3) is 5.91 Å². The number of methoxy groups -OCH3 is 1. The number of hydrogen-bond donors (Lipinski definition) is 1. The van der Waals surface area contributed by atoms with Gasteiger partial charge >= 0.3 is 5.97 Å². The molecule has 1 amide bonds. The van der Waals surface area contributed by atoms with E-state index in [1.54, 1.807) is 6.20 Å². The van der Waals surface area contributed by atoms with Crippen LogP contribution in [0, 0.1) is 0 Å². The molecule has 132 valence electrons. The summed E-state index contributed by atoms with van der Waals surface area (Å²) in [4.78, 5) is 24.1. The lowest BCUT2D eigenvalue weighted by molar-refractivity contribution is -0.124. The molecule has 1 aromatic heterocycles. The summed E-state index contributed by atoms with van der Waals surface area (Å²) in [6.45, 7) is -0.323. The second-order valence-electron chi connectivity index (χ2n) is 5.95. The monoisotopic (exact) mass is 343 g/mol. The van der Waals surface area contributed by atoms with Gasteiger partial charge in [0.05, 0.1) is 19.0 Å². The summed E-state index contributed by atoms with van der Waals surface area (Å²) >= 11 is 0. The van der Waals surface area contributed by atoms with Crippen LogP contribution in [0.3, 0.4) is 0 Å². The summed E-state index contributed by atoms with van der Waals surface area (Å²) in [6.07, 6.45) is 5.81. The van der Waals surface area contributed by atoms with E-state index >= 15 is 0 Å². The molecule has 1 saturated carbocycles. The molecule has 1 heterocycles. The first kappa shape index (κ1) is 17.0. The average Bonchev–Trinajstić information content (AvgIpc) is 3.30. The molecule has 0 saturated heterocycles. The molecule has 1 aromatic carbocycles. The summed E-state index contributed by atoms with van der Waals surface area (Å²) in [7, 11) is 1.45. The lowest BCUT2D eigenvalue weighted by Crippen LogP contribution is -2.36. The van der Waals surface area contributed by atoms with E-state index in [2.05, 4.69) is 10.4 Å². The van der Waals surface area contributed by atoms with E-state index in [0.717, 1.165) is 31.4 Å². The summed E-state index contributed by atoms with van der Waals surface area (Å²) < 4.78 is 11.8. The number of para-hydroxylation sites is 1. The van der Waals surface area contributed by atoms with Crippen molar-refractivity contribution in [3.8, 4) is 11.4 Å². The maximum absolute atomic E-state index is 12.3. The summed E-state index contributed by atoms with van der Waals surface area (Å²) in [5.41, 5.74) is 0.832. The third-order valence-corrected chi connectivity index (χ3v) is 4.17. The van der Waals surface area contributed by atoms with E-state index in [-0.39, 0.29) is 24.2 Å². The van der Waals surface area contributed by atoms with Gasteiger partial charge in [-0.3, -0.25) is 4.79 Å². The molecule has 25 heavy (non-hydrogen) atoms. The molecule has 0 unspecified atom stereocenters. The molecule has 2 aromatic rings. The van der Waals surface area contributed by atoms with E-state index in [4.69, 9.17) is 9.47 Å². The van der Waals surface area contributed by atoms with Gasteiger partial charge in [0, 0.05) is 6.04 Å². The molecular weight excluding hydrogens is 322 g/mol. The van der Waals surface area contributed by atoms with Gasteiger partial charge in [0.2, 0.25) is 5.69 Å². The number of hydrogen-bond acceptors (Lipinski definition) is 5. The topological polar surface area (TPSA) is 82.5 Å². The van der Waals surface area contributed by atoms with Crippen molar-refractivity contribution >= 4 is 11.9 Å². The Hall–Kier alpha value is -2.83. The number of aromatic nitrogens is 2. The number of nitrogens with one attached hydrogen (secondary N) is 1. The molecule has 7 nitrogen and oxygen atoms in total. The molecule has 0 radical (unpaired) electrons. The van der Waals surface area contributed by atoms with Crippen molar-refractivity contribution in [1.29, 1.82) is 0 Å². The number of amides is 1. The summed E-state index contributed by atoms with van der Waals surface area (Å²) in [5, 5.41) is 7.09. The highest BCUT2D eigenvalue weighted by molar-refractivity contribution is 5.92. The molecule has 1 aliphatic carbocycles. The zero-order valence-electron chi connectivity index (χ0n) is 14.1. The normalized spacial score (nSPS) is 14.3. The fourth-order valence-corrected chi connectivity index (χ4v) is 2.90. The third kappa shape index (κ3) is 4.17. The Balaban J connectivity index is 1.63. The largest absolute Gasteiger partial charge is 0.493 e. The van der Waals surface area contributed by atoms with Crippen LogP contribution < -0.4 is 10.1 Å².